The Kier molecular flexibility index (Phi) is 4.12. The third kappa shape index (κ3) is 2.97. The largest absolute Gasteiger partial charge is 0.468 e. The molecule has 0 aliphatic rings. The number of carbonyl (C=O) groups excluding carboxylic acids is 1. The van der Waals surface area contributed by atoms with E-state index in [1.165, 1.54) is 12.7 Å². The Morgan fingerprint density at radius 3 is 2.89 bits per heavy atom. The fourth-order valence-corrected chi connectivity index (χ4v) is 2.46. The smallest absolute Gasteiger partial charge is 0.322 e. The summed E-state index contributed by atoms with van der Waals surface area (Å²) < 4.78 is 4.62. The zero-order valence-electron chi connectivity index (χ0n) is 10.1. The number of hydrogen-bond donors (Lipinski definition) is 1. The van der Waals surface area contributed by atoms with Crippen molar-refractivity contribution < 1.29 is 9.53 Å². The molecule has 1 unspecified atom stereocenters. The molecule has 1 heterocycles. The van der Waals surface area contributed by atoms with Crippen LogP contribution in [0.1, 0.15) is 5.56 Å². The second-order valence-electron chi connectivity index (χ2n) is 4.05. The van der Waals surface area contributed by atoms with Crippen LogP contribution in [0.4, 0.5) is 0 Å². The summed E-state index contributed by atoms with van der Waals surface area (Å²) in [4.78, 5) is 11.3. The van der Waals surface area contributed by atoms with Gasteiger partial charge in [-0.15, -0.1) is 0 Å². The van der Waals surface area contributed by atoms with E-state index in [4.69, 9.17) is 5.73 Å². The molecule has 3 nitrogen and oxygen atoms in total. The highest BCUT2D eigenvalue weighted by Gasteiger charge is 2.14. The normalized spacial score (nSPS) is 12.1. The number of benzene rings is 1. The Balaban J connectivity index is 2.15. The Labute approximate surface area is 110 Å². The lowest BCUT2D eigenvalue weighted by atomic mass is 10.0. The van der Waals surface area contributed by atoms with Crippen LogP contribution in [0.3, 0.4) is 0 Å². The zero-order valence-corrected chi connectivity index (χ0v) is 10.9. The summed E-state index contributed by atoms with van der Waals surface area (Å²) in [5.74, 6) is -0.379. The van der Waals surface area contributed by atoms with E-state index in [0.717, 1.165) is 11.1 Å². The standard InChI is InChI=1S/C14H15NO2S/c1-17-14(16)13(15)8-10-3-2-4-11(7-10)12-5-6-18-9-12/h2-7,9,13H,8,15H2,1H3. The first kappa shape index (κ1) is 12.8. The molecule has 0 amide bonds. The summed E-state index contributed by atoms with van der Waals surface area (Å²) in [6, 6.07) is 9.53. The van der Waals surface area contributed by atoms with Crippen molar-refractivity contribution in [3.63, 3.8) is 0 Å². The van der Waals surface area contributed by atoms with Gasteiger partial charge in [0, 0.05) is 0 Å². The molecular weight excluding hydrogens is 246 g/mol. The lowest BCUT2D eigenvalue weighted by Crippen LogP contribution is -2.33. The van der Waals surface area contributed by atoms with Gasteiger partial charge in [-0.05, 0) is 39.9 Å². The summed E-state index contributed by atoms with van der Waals surface area (Å²) in [6.07, 6.45) is 0.491. The van der Waals surface area contributed by atoms with Crippen LogP contribution >= 0.6 is 11.3 Å². The molecule has 0 aliphatic carbocycles. The van der Waals surface area contributed by atoms with E-state index in [1.807, 2.05) is 17.5 Å². The molecule has 94 valence electrons. The van der Waals surface area contributed by atoms with E-state index in [-0.39, 0.29) is 5.97 Å². The van der Waals surface area contributed by atoms with E-state index in [0.29, 0.717) is 6.42 Å². The molecule has 0 bridgehead atoms. The van der Waals surface area contributed by atoms with Crippen molar-refractivity contribution in [3.05, 3.63) is 46.7 Å². The fourth-order valence-electron chi connectivity index (χ4n) is 1.80. The Hall–Kier alpha value is -1.65. The van der Waals surface area contributed by atoms with Gasteiger partial charge in [0.15, 0.2) is 0 Å². The maximum atomic E-state index is 11.3. The van der Waals surface area contributed by atoms with Crippen molar-refractivity contribution in [2.45, 2.75) is 12.5 Å². The lowest BCUT2D eigenvalue weighted by Gasteiger charge is -2.10. The number of ether oxygens (including phenoxy) is 1. The SMILES string of the molecule is COC(=O)C(N)Cc1cccc(-c2ccsc2)c1. The highest BCUT2D eigenvalue weighted by atomic mass is 32.1. The van der Waals surface area contributed by atoms with Crippen molar-refractivity contribution in [2.75, 3.05) is 7.11 Å². The van der Waals surface area contributed by atoms with Gasteiger partial charge in [-0.3, -0.25) is 4.79 Å². The van der Waals surface area contributed by atoms with E-state index < -0.39 is 6.04 Å². The van der Waals surface area contributed by atoms with Gasteiger partial charge in [-0.2, -0.15) is 11.3 Å². The molecule has 0 fully saturated rings. The molecule has 0 saturated carbocycles. The second kappa shape index (κ2) is 5.80. The minimum Gasteiger partial charge on any atom is -0.468 e. The van der Waals surface area contributed by atoms with E-state index in [9.17, 15) is 4.79 Å². The summed E-state index contributed by atoms with van der Waals surface area (Å²) >= 11 is 1.66. The zero-order chi connectivity index (χ0) is 13.0. The highest BCUT2D eigenvalue weighted by Crippen LogP contribution is 2.23. The van der Waals surface area contributed by atoms with Crippen LogP contribution < -0.4 is 5.73 Å². The van der Waals surface area contributed by atoms with Gasteiger partial charge in [-0.25, -0.2) is 0 Å². The first-order chi connectivity index (χ1) is 8.70. The number of methoxy groups -OCH3 is 1. The van der Waals surface area contributed by atoms with Gasteiger partial charge in [0.05, 0.1) is 7.11 Å². The Morgan fingerprint density at radius 2 is 2.22 bits per heavy atom. The van der Waals surface area contributed by atoms with Crippen LogP contribution in [0.5, 0.6) is 0 Å². The lowest BCUT2D eigenvalue weighted by molar-refractivity contribution is -0.142. The summed E-state index contributed by atoms with van der Waals surface area (Å²) in [7, 11) is 1.35. The van der Waals surface area contributed by atoms with Crippen molar-refractivity contribution in [1.82, 2.24) is 0 Å². The second-order valence-corrected chi connectivity index (χ2v) is 4.83. The first-order valence-corrected chi connectivity index (χ1v) is 6.60. The molecule has 4 heteroatoms. The predicted molar refractivity (Wildman–Crippen MR) is 73.5 cm³/mol. The van der Waals surface area contributed by atoms with Gasteiger partial charge < -0.3 is 10.5 Å². The number of hydrogen-bond acceptors (Lipinski definition) is 4. The van der Waals surface area contributed by atoms with Crippen LogP contribution in [-0.2, 0) is 16.0 Å². The Bertz CT molecular complexity index is 522. The van der Waals surface area contributed by atoms with Crippen LogP contribution in [0.2, 0.25) is 0 Å². The molecule has 1 atom stereocenters. The van der Waals surface area contributed by atoms with Crippen LogP contribution in [-0.4, -0.2) is 19.1 Å². The fraction of sp³-hybridized carbons (Fsp3) is 0.214. The maximum absolute atomic E-state index is 11.3. The van der Waals surface area contributed by atoms with Gasteiger partial charge >= 0.3 is 5.97 Å². The molecule has 1 aromatic carbocycles. The first-order valence-electron chi connectivity index (χ1n) is 5.65. The topological polar surface area (TPSA) is 52.3 Å². The predicted octanol–water partition coefficient (Wildman–Crippen LogP) is 2.46. The number of thiophene rings is 1. The van der Waals surface area contributed by atoms with Gasteiger partial charge in [-0.1, -0.05) is 24.3 Å². The Morgan fingerprint density at radius 1 is 1.39 bits per heavy atom. The quantitative estimate of drug-likeness (QED) is 0.860. The van der Waals surface area contributed by atoms with Crippen molar-refractivity contribution >= 4 is 17.3 Å². The summed E-state index contributed by atoms with van der Waals surface area (Å²) in [6.45, 7) is 0. The summed E-state index contributed by atoms with van der Waals surface area (Å²) in [5.41, 5.74) is 9.13. The maximum Gasteiger partial charge on any atom is 0.322 e. The highest BCUT2D eigenvalue weighted by molar-refractivity contribution is 7.08. The molecule has 2 aromatic rings. The molecule has 0 spiro atoms. The van der Waals surface area contributed by atoms with E-state index in [1.54, 1.807) is 11.3 Å². The van der Waals surface area contributed by atoms with Crippen LogP contribution in [0.25, 0.3) is 11.1 Å². The molecule has 2 N–H and O–H groups in total. The van der Waals surface area contributed by atoms with Crippen molar-refractivity contribution in [2.24, 2.45) is 5.73 Å². The van der Waals surface area contributed by atoms with Gasteiger partial charge in [0.1, 0.15) is 6.04 Å². The third-order valence-corrected chi connectivity index (χ3v) is 3.42. The molecule has 0 saturated heterocycles. The van der Waals surface area contributed by atoms with Crippen molar-refractivity contribution in [3.8, 4) is 11.1 Å². The molecule has 2 rings (SSSR count). The minimum absolute atomic E-state index is 0.379. The molecule has 1 aromatic heterocycles. The number of carbonyl (C=O) groups is 1. The van der Waals surface area contributed by atoms with E-state index in [2.05, 4.69) is 28.3 Å². The molecular formula is C14H15NO2S. The average molecular weight is 261 g/mol. The number of rotatable bonds is 4. The minimum atomic E-state index is -0.604. The van der Waals surface area contributed by atoms with Crippen molar-refractivity contribution in [1.29, 1.82) is 0 Å². The summed E-state index contributed by atoms with van der Waals surface area (Å²) in [5, 5.41) is 4.14. The number of nitrogens with two attached hydrogens (primary N) is 1. The van der Waals surface area contributed by atoms with E-state index >= 15 is 0 Å². The monoisotopic (exact) mass is 261 g/mol. The molecule has 0 radical (unpaired) electrons. The van der Waals surface area contributed by atoms with Gasteiger partial charge in [0.2, 0.25) is 0 Å². The third-order valence-electron chi connectivity index (χ3n) is 2.74. The molecule has 18 heavy (non-hydrogen) atoms. The molecule has 0 aliphatic heterocycles. The number of esters is 1. The average Bonchev–Trinajstić information content (AvgIpc) is 2.92. The van der Waals surface area contributed by atoms with Gasteiger partial charge in [0.25, 0.3) is 0 Å². The van der Waals surface area contributed by atoms with Crippen LogP contribution in [0, 0.1) is 0 Å². The van der Waals surface area contributed by atoms with Crippen LogP contribution in [0.15, 0.2) is 41.1 Å².